The van der Waals surface area contributed by atoms with Gasteiger partial charge in [0.2, 0.25) is 0 Å². The van der Waals surface area contributed by atoms with Crippen LogP contribution < -0.4 is 0 Å². The third kappa shape index (κ3) is 2.99. The molecule has 17 heavy (non-hydrogen) atoms. The van der Waals surface area contributed by atoms with Gasteiger partial charge in [-0.3, -0.25) is 9.59 Å². The highest BCUT2D eigenvalue weighted by molar-refractivity contribution is 5.96. The zero-order valence-electron chi connectivity index (χ0n) is 10.5. The first-order chi connectivity index (χ1) is 7.98. The summed E-state index contributed by atoms with van der Waals surface area (Å²) in [4.78, 5) is 23.5. The molecule has 0 aromatic heterocycles. The van der Waals surface area contributed by atoms with Crippen LogP contribution in [0.1, 0.15) is 52.4 Å². The lowest BCUT2D eigenvalue weighted by Gasteiger charge is -2.34. The summed E-state index contributed by atoms with van der Waals surface area (Å²) in [5.74, 6) is -2.17. The van der Waals surface area contributed by atoms with Crippen LogP contribution in [-0.4, -0.2) is 17.7 Å². The lowest BCUT2D eigenvalue weighted by molar-refractivity contribution is -0.240. The van der Waals surface area contributed by atoms with Gasteiger partial charge in [-0.05, 0) is 12.3 Å². The lowest BCUT2D eigenvalue weighted by atomic mass is 9.82. The number of esters is 2. The molecule has 0 spiro atoms. The van der Waals surface area contributed by atoms with E-state index in [1.807, 2.05) is 0 Å². The molecule has 0 bridgehead atoms. The predicted octanol–water partition coefficient (Wildman–Crippen LogP) is 2.41. The summed E-state index contributed by atoms with van der Waals surface area (Å²) >= 11 is 0. The van der Waals surface area contributed by atoms with E-state index in [2.05, 4.69) is 0 Å². The molecule has 0 N–H and O–H groups in total. The Kier molecular flexibility index (Phi) is 3.40. The van der Waals surface area contributed by atoms with Crippen molar-refractivity contribution in [1.29, 1.82) is 0 Å². The van der Waals surface area contributed by atoms with Crippen LogP contribution in [0, 0.1) is 11.8 Å². The molecule has 2 fully saturated rings. The standard InChI is InChI=1S/C13H20O4/c1-13(2)16-11(14)10(12(15)17-13)8-9-6-4-3-5-7-9/h9-10H,3-8H2,1-2H3. The third-order valence-corrected chi connectivity index (χ3v) is 3.56. The van der Waals surface area contributed by atoms with E-state index in [9.17, 15) is 9.59 Å². The molecule has 1 heterocycles. The highest BCUT2D eigenvalue weighted by atomic mass is 16.7. The molecular weight excluding hydrogens is 220 g/mol. The van der Waals surface area contributed by atoms with Gasteiger partial charge in [0.15, 0.2) is 5.92 Å². The largest absolute Gasteiger partial charge is 0.422 e. The summed E-state index contributed by atoms with van der Waals surface area (Å²) in [5.41, 5.74) is 0. The average molecular weight is 240 g/mol. The fourth-order valence-electron chi connectivity index (χ4n) is 2.69. The van der Waals surface area contributed by atoms with Crippen molar-refractivity contribution in [2.75, 3.05) is 0 Å². The molecule has 0 radical (unpaired) electrons. The number of ether oxygens (including phenoxy) is 2. The molecule has 96 valence electrons. The maximum absolute atomic E-state index is 11.8. The molecule has 2 rings (SSSR count). The predicted molar refractivity (Wildman–Crippen MR) is 60.9 cm³/mol. The quantitative estimate of drug-likeness (QED) is 0.549. The maximum atomic E-state index is 11.8. The highest BCUT2D eigenvalue weighted by Gasteiger charge is 2.43. The van der Waals surface area contributed by atoms with Crippen LogP contribution in [0.2, 0.25) is 0 Å². The molecule has 1 aliphatic carbocycles. The van der Waals surface area contributed by atoms with Gasteiger partial charge in [-0.15, -0.1) is 0 Å². The highest BCUT2D eigenvalue weighted by Crippen LogP contribution is 2.33. The van der Waals surface area contributed by atoms with E-state index in [-0.39, 0.29) is 0 Å². The van der Waals surface area contributed by atoms with Crippen LogP contribution >= 0.6 is 0 Å². The molecule has 0 amide bonds. The first-order valence-corrected chi connectivity index (χ1v) is 6.44. The molecule has 1 saturated carbocycles. The molecule has 4 heteroatoms. The Morgan fingerprint density at radius 1 is 1.06 bits per heavy atom. The monoisotopic (exact) mass is 240 g/mol. The Balaban J connectivity index is 1.96. The molecule has 1 saturated heterocycles. The third-order valence-electron chi connectivity index (χ3n) is 3.56. The zero-order valence-corrected chi connectivity index (χ0v) is 10.5. The Morgan fingerprint density at radius 2 is 1.59 bits per heavy atom. The summed E-state index contributed by atoms with van der Waals surface area (Å²) < 4.78 is 10.2. The number of hydrogen-bond acceptors (Lipinski definition) is 4. The smallest absolute Gasteiger partial charge is 0.323 e. The number of hydrogen-bond donors (Lipinski definition) is 0. The van der Waals surface area contributed by atoms with Gasteiger partial charge < -0.3 is 9.47 Å². The number of cyclic esters (lactones) is 2. The number of carbonyl (C=O) groups excluding carboxylic acids is 2. The summed E-state index contributed by atoms with van der Waals surface area (Å²) in [5, 5.41) is 0. The zero-order chi connectivity index (χ0) is 12.5. The van der Waals surface area contributed by atoms with E-state index < -0.39 is 23.6 Å². The van der Waals surface area contributed by atoms with Crippen LogP contribution in [0.4, 0.5) is 0 Å². The van der Waals surface area contributed by atoms with Gasteiger partial charge in [0.25, 0.3) is 5.79 Å². The van der Waals surface area contributed by atoms with Crippen molar-refractivity contribution in [3.63, 3.8) is 0 Å². The molecule has 2 aliphatic rings. The maximum Gasteiger partial charge on any atom is 0.323 e. The van der Waals surface area contributed by atoms with Crippen LogP contribution in [0.3, 0.4) is 0 Å². The normalized spacial score (nSPS) is 26.5. The minimum absolute atomic E-state index is 0.420. The van der Waals surface area contributed by atoms with Crippen LogP contribution in [0.15, 0.2) is 0 Å². The van der Waals surface area contributed by atoms with Crippen molar-refractivity contribution < 1.29 is 19.1 Å². The fourth-order valence-corrected chi connectivity index (χ4v) is 2.69. The Bertz CT molecular complexity index is 295. The van der Waals surface area contributed by atoms with Crippen molar-refractivity contribution in [3.8, 4) is 0 Å². The second-order valence-electron chi connectivity index (χ2n) is 5.53. The van der Waals surface area contributed by atoms with Crippen LogP contribution in [0.25, 0.3) is 0 Å². The van der Waals surface area contributed by atoms with Gasteiger partial charge in [0.1, 0.15) is 0 Å². The second kappa shape index (κ2) is 4.67. The number of carbonyl (C=O) groups is 2. The SMILES string of the molecule is CC1(C)OC(=O)C(CC2CCCCC2)C(=O)O1. The summed E-state index contributed by atoms with van der Waals surface area (Å²) in [7, 11) is 0. The van der Waals surface area contributed by atoms with Crippen molar-refractivity contribution >= 4 is 11.9 Å². The molecule has 0 unspecified atom stereocenters. The first kappa shape index (κ1) is 12.4. The fraction of sp³-hybridized carbons (Fsp3) is 0.846. The molecular formula is C13H20O4. The lowest BCUT2D eigenvalue weighted by Crippen LogP contribution is -2.46. The molecule has 0 aromatic rings. The first-order valence-electron chi connectivity index (χ1n) is 6.44. The number of rotatable bonds is 2. The van der Waals surface area contributed by atoms with Crippen LogP contribution in [0.5, 0.6) is 0 Å². The molecule has 1 aliphatic heterocycles. The minimum Gasteiger partial charge on any atom is -0.422 e. The van der Waals surface area contributed by atoms with Gasteiger partial charge in [-0.25, -0.2) is 0 Å². The van der Waals surface area contributed by atoms with Gasteiger partial charge >= 0.3 is 11.9 Å². The Morgan fingerprint density at radius 3 is 2.12 bits per heavy atom. The van der Waals surface area contributed by atoms with E-state index in [1.54, 1.807) is 13.8 Å². The summed E-state index contributed by atoms with van der Waals surface area (Å²) in [6, 6.07) is 0. The van der Waals surface area contributed by atoms with Gasteiger partial charge in [0, 0.05) is 13.8 Å². The summed E-state index contributed by atoms with van der Waals surface area (Å²) in [6.07, 6.45) is 6.48. The van der Waals surface area contributed by atoms with Gasteiger partial charge in [0.05, 0.1) is 0 Å². The van der Waals surface area contributed by atoms with Gasteiger partial charge in [-0.1, -0.05) is 32.1 Å². The van der Waals surface area contributed by atoms with Crippen molar-refractivity contribution in [1.82, 2.24) is 0 Å². The van der Waals surface area contributed by atoms with Crippen molar-refractivity contribution in [3.05, 3.63) is 0 Å². The van der Waals surface area contributed by atoms with E-state index in [4.69, 9.17) is 9.47 Å². The van der Waals surface area contributed by atoms with Gasteiger partial charge in [-0.2, -0.15) is 0 Å². The Labute approximate surface area is 102 Å². The summed E-state index contributed by atoms with van der Waals surface area (Å²) in [6.45, 7) is 3.17. The average Bonchev–Trinajstić information content (AvgIpc) is 2.24. The molecule has 4 nitrogen and oxygen atoms in total. The van der Waals surface area contributed by atoms with E-state index in [0.29, 0.717) is 12.3 Å². The molecule has 0 aromatic carbocycles. The van der Waals surface area contributed by atoms with E-state index in [0.717, 1.165) is 12.8 Å². The Hall–Kier alpha value is -1.06. The minimum atomic E-state index is -1.10. The van der Waals surface area contributed by atoms with Crippen LogP contribution in [-0.2, 0) is 19.1 Å². The van der Waals surface area contributed by atoms with Crippen molar-refractivity contribution in [2.24, 2.45) is 11.8 Å². The van der Waals surface area contributed by atoms with Crippen molar-refractivity contribution in [2.45, 2.75) is 58.2 Å². The van der Waals surface area contributed by atoms with E-state index in [1.165, 1.54) is 19.3 Å². The van der Waals surface area contributed by atoms with E-state index >= 15 is 0 Å². The second-order valence-corrected chi connectivity index (χ2v) is 5.53. The molecule has 0 atom stereocenters. The topological polar surface area (TPSA) is 52.6 Å².